The highest BCUT2D eigenvalue weighted by Gasteiger charge is 2.39. The lowest BCUT2D eigenvalue weighted by atomic mass is 9.93. The maximum atomic E-state index is 6.14. The van der Waals surface area contributed by atoms with Crippen molar-refractivity contribution in [3.63, 3.8) is 0 Å². The number of hydrazine groups is 1. The molecular formula is C20H22N8O2. The highest BCUT2D eigenvalue weighted by molar-refractivity contribution is 5.95. The number of ether oxygens (including phenoxy) is 2. The largest absolute Gasteiger partial charge is 0.489 e. The Morgan fingerprint density at radius 3 is 2.87 bits per heavy atom. The molecule has 5 N–H and O–H groups in total. The summed E-state index contributed by atoms with van der Waals surface area (Å²) in [5, 5.41) is 3.11. The van der Waals surface area contributed by atoms with Gasteiger partial charge in [-0.25, -0.2) is 15.4 Å². The fourth-order valence-corrected chi connectivity index (χ4v) is 4.42. The normalized spacial score (nSPS) is 25.3. The van der Waals surface area contributed by atoms with Crippen LogP contribution < -0.4 is 31.4 Å². The molecule has 154 valence electrons. The number of nitrogens with one attached hydrogen (secondary N) is 3. The summed E-state index contributed by atoms with van der Waals surface area (Å²) in [4.78, 5) is 13.8. The van der Waals surface area contributed by atoms with E-state index in [1.54, 1.807) is 6.20 Å². The van der Waals surface area contributed by atoms with Crippen LogP contribution in [0.3, 0.4) is 0 Å². The molecule has 0 spiro atoms. The maximum absolute atomic E-state index is 6.14. The number of guanidine groups is 1. The van der Waals surface area contributed by atoms with Crippen LogP contribution in [0.5, 0.6) is 11.5 Å². The summed E-state index contributed by atoms with van der Waals surface area (Å²) >= 11 is 0. The molecule has 3 aromatic rings. The molecule has 3 atom stereocenters. The summed E-state index contributed by atoms with van der Waals surface area (Å²) in [5.41, 5.74) is 15.6. The average Bonchev–Trinajstić information content (AvgIpc) is 3.31. The van der Waals surface area contributed by atoms with E-state index in [2.05, 4.69) is 31.8 Å². The van der Waals surface area contributed by atoms with Gasteiger partial charge >= 0.3 is 0 Å². The third kappa shape index (κ3) is 2.76. The zero-order valence-electron chi connectivity index (χ0n) is 16.2. The fourth-order valence-electron chi connectivity index (χ4n) is 4.42. The molecule has 30 heavy (non-hydrogen) atoms. The zero-order chi connectivity index (χ0) is 20.1. The number of nitrogens with zero attached hydrogens (tertiary/aromatic N) is 4. The van der Waals surface area contributed by atoms with Gasteiger partial charge in [0.05, 0.1) is 30.3 Å². The van der Waals surface area contributed by atoms with Gasteiger partial charge in [0.15, 0.2) is 17.5 Å². The van der Waals surface area contributed by atoms with Gasteiger partial charge in [-0.15, -0.1) is 0 Å². The molecule has 0 saturated carbocycles. The molecule has 0 amide bonds. The number of aromatic nitrogens is 3. The Morgan fingerprint density at radius 2 is 2.03 bits per heavy atom. The second-order valence-electron chi connectivity index (χ2n) is 7.65. The molecule has 3 aliphatic rings. The second kappa shape index (κ2) is 6.85. The number of anilines is 1. The lowest BCUT2D eigenvalue weighted by Crippen LogP contribution is -2.35. The van der Waals surface area contributed by atoms with Crippen LogP contribution in [0.4, 0.5) is 5.95 Å². The Bertz CT molecular complexity index is 1130. The number of benzene rings is 1. The highest BCUT2D eigenvalue weighted by Crippen LogP contribution is 2.42. The Balaban J connectivity index is 1.47. The van der Waals surface area contributed by atoms with Gasteiger partial charge in [-0.1, -0.05) is 6.07 Å². The molecule has 1 aromatic carbocycles. The standard InChI is InChI=1S/C20H22N8O2/c21-19-25-18(12-10-23-27-17(12)11-3-1-4-22-9-11)28-14-8-16-15(29-5-2-6-30-16)7-13(14)24-20(28)26-19/h1,3-4,7-9,12,17-18,23,27H,2,5-6,10H2,(H3,21,24,25,26). The van der Waals surface area contributed by atoms with Gasteiger partial charge in [0.1, 0.15) is 6.17 Å². The van der Waals surface area contributed by atoms with Crippen LogP contribution in [0.2, 0.25) is 0 Å². The first-order valence-electron chi connectivity index (χ1n) is 10.1. The molecule has 0 aliphatic carbocycles. The van der Waals surface area contributed by atoms with Crippen LogP contribution >= 0.6 is 0 Å². The molecule has 0 bridgehead atoms. The van der Waals surface area contributed by atoms with Gasteiger partial charge in [0, 0.05) is 43.4 Å². The van der Waals surface area contributed by atoms with Crippen LogP contribution in [-0.4, -0.2) is 40.3 Å². The number of nitrogens with two attached hydrogens (primary N) is 1. The Hall–Kier alpha value is -3.37. The van der Waals surface area contributed by atoms with Crippen molar-refractivity contribution in [3.8, 4) is 11.5 Å². The lowest BCUT2D eigenvalue weighted by molar-refractivity contribution is 0.297. The zero-order valence-corrected chi connectivity index (χ0v) is 16.2. The number of pyridine rings is 1. The topological polar surface area (TPSA) is 124 Å². The van der Waals surface area contributed by atoms with Crippen molar-refractivity contribution in [2.75, 3.05) is 25.1 Å². The monoisotopic (exact) mass is 406 g/mol. The predicted octanol–water partition coefficient (Wildman–Crippen LogP) is 1.30. The number of hydrogen-bond donors (Lipinski definition) is 4. The van der Waals surface area contributed by atoms with Crippen LogP contribution in [0.25, 0.3) is 11.0 Å². The van der Waals surface area contributed by atoms with Gasteiger partial charge in [0.25, 0.3) is 0 Å². The summed E-state index contributed by atoms with van der Waals surface area (Å²) in [6, 6.07) is 7.96. The summed E-state index contributed by atoms with van der Waals surface area (Å²) in [5.74, 6) is 2.57. The van der Waals surface area contributed by atoms with Crippen molar-refractivity contribution < 1.29 is 9.47 Å². The van der Waals surface area contributed by atoms with Crippen molar-refractivity contribution in [3.05, 3.63) is 42.2 Å². The Labute approximate surface area is 172 Å². The number of imidazole rings is 1. The van der Waals surface area contributed by atoms with E-state index in [9.17, 15) is 0 Å². The predicted molar refractivity (Wildman–Crippen MR) is 111 cm³/mol. The fraction of sp³-hybridized carbons (Fsp3) is 0.350. The van der Waals surface area contributed by atoms with Gasteiger partial charge in [0.2, 0.25) is 5.95 Å². The molecule has 5 heterocycles. The summed E-state index contributed by atoms with van der Waals surface area (Å²) in [7, 11) is 0. The number of fused-ring (bicyclic) bond motifs is 4. The van der Waals surface area contributed by atoms with E-state index in [4.69, 9.17) is 25.2 Å². The number of hydrogen-bond acceptors (Lipinski definition) is 9. The van der Waals surface area contributed by atoms with Crippen molar-refractivity contribution in [1.82, 2.24) is 25.4 Å². The van der Waals surface area contributed by atoms with E-state index in [1.807, 2.05) is 24.4 Å². The van der Waals surface area contributed by atoms with Crippen LogP contribution in [-0.2, 0) is 0 Å². The average molecular weight is 406 g/mol. The molecule has 10 heteroatoms. The van der Waals surface area contributed by atoms with Crippen LogP contribution in [0.1, 0.15) is 24.2 Å². The van der Waals surface area contributed by atoms with Gasteiger partial charge in [-0.3, -0.25) is 20.3 Å². The van der Waals surface area contributed by atoms with Crippen LogP contribution in [0.15, 0.2) is 41.7 Å². The Kier molecular flexibility index (Phi) is 3.99. The quantitative estimate of drug-likeness (QED) is 0.502. The molecule has 3 unspecified atom stereocenters. The number of aliphatic imine (C=N–C) groups is 1. The molecule has 3 aliphatic heterocycles. The molecule has 0 radical (unpaired) electrons. The Morgan fingerprint density at radius 1 is 1.17 bits per heavy atom. The minimum atomic E-state index is -0.247. The lowest BCUT2D eigenvalue weighted by Gasteiger charge is -2.30. The first-order chi connectivity index (χ1) is 14.8. The molecule has 10 nitrogen and oxygen atoms in total. The summed E-state index contributed by atoms with van der Waals surface area (Å²) in [6.45, 7) is 1.99. The first-order valence-corrected chi connectivity index (χ1v) is 10.1. The third-order valence-corrected chi connectivity index (χ3v) is 5.78. The SMILES string of the molecule is NC1=NC(C2CNNC2c2cccnc2)n2c(nc3cc4c(cc32)OCCCO4)N1. The summed E-state index contributed by atoms with van der Waals surface area (Å²) < 4.78 is 13.8. The van der Waals surface area contributed by atoms with Crippen molar-refractivity contribution >= 4 is 22.9 Å². The minimum Gasteiger partial charge on any atom is -0.489 e. The van der Waals surface area contributed by atoms with E-state index < -0.39 is 0 Å². The van der Waals surface area contributed by atoms with E-state index >= 15 is 0 Å². The molecule has 6 rings (SSSR count). The molecule has 1 saturated heterocycles. The third-order valence-electron chi connectivity index (χ3n) is 5.78. The molecule has 1 fully saturated rings. The molecular weight excluding hydrogens is 384 g/mol. The summed E-state index contributed by atoms with van der Waals surface area (Å²) in [6.07, 6.45) is 4.26. The maximum Gasteiger partial charge on any atom is 0.212 e. The number of rotatable bonds is 2. The van der Waals surface area contributed by atoms with Gasteiger partial charge in [-0.05, 0) is 11.6 Å². The van der Waals surface area contributed by atoms with Gasteiger partial charge in [-0.2, -0.15) is 0 Å². The first kappa shape index (κ1) is 17.5. The van der Waals surface area contributed by atoms with E-state index in [1.165, 1.54) is 0 Å². The van der Waals surface area contributed by atoms with E-state index in [-0.39, 0.29) is 18.1 Å². The van der Waals surface area contributed by atoms with E-state index in [0.717, 1.165) is 41.1 Å². The minimum absolute atomic E-state index is 0.0315. The molecule has 2 aromatic heterocycles. The smallest absolute Gasteiger partial charge is 0.212 e. The highest BCUT2D eigenvalue weighted by atomic mass is 16.5. The van der Waals surface area contributed by atoms with Crippen molar-refractivity contribution in [2.45, 2.75) is 18.6 Å². The van der Waals surface area contributed by atoms with Crippen molar-refractivity contribution in [1.29, 1.82) is 0 Å². The van der Waals surface area contributed by atoms with Crippen LogP contribution in [0, 0.1) is 5.92 Å². The van der Waals surface area contributed by atoms with Crippen molar-refractivity contribution in [2.24, 2.45) is 16.6 Å². The second-order valence-corrected chi connectivity index (χ2v) is 7.65. The van der Waals surface area contributed by atoms with Gasteiger partial charge < -0.3 is 15.2 Å². The van der Waals surface area contributed by atoms with E-state index in [0.29, 0.717) is 25.1 Å².